The van der Waals surface area contributed by atoms with Gasteiger partial charge in [0.25, 0.3) is 0 Å². The molecule has 184 valence electrons. The van der Waals surface area contributed by atoms with Crippen LogP contribution in [0.25, 0.3) is 33.5 Å². The largest absolute Gasteiger partial charge is 0.333 e. The van der Waals surface area contributed by atoms with Gasteiger partial charge in [-0.25, -0.2) is 9.97 Å². The molecule has 0 bridgehead atoms. The number of hydrogen-bond donors (Lipinski definition) is 1. The van der Waals surface area contributed by atoms with Gasteiger partial charge in [0.1, 0.15) is 22.2 Å². The van der Waals surface area contributed by atoms with Crippen molar-refractivity contribution in [3.8, 4) is 12.1 Å². The summed E-state index contributed by atoms with van der Waals surface area (Å²) in [7, 11) is 1.50. The summed E-state index contributed by atoms with van der Waals surface area (Å²) in [5, 5.41) is 22.9. The Labute approximate surface area is 233 Å². The van der Waals surface area contributed by atoms with E-state index in [-0.39, 0.29) is 0 Å². The van der Waals surface area contributed by atoms with Crippen molar-refractivity contribution in [2.24, 2.45) is 5.73 Å². The van der Waals surface area contributed by atoms with E-state index in [1.54, 1.807) is 6.08 Å². The van der Waals surface area contributed by atoms with Crippen molar-refractivity contribution in [2.45, 2.75) is 6.92 Å². The van der Waals surface area contributed by atoms with Crippen LogP contribution in [-0.2, 0) is 0 Å². The second kappa shape index (κ2) is 13.8. The molecule has 9 heteroatoms. The monoisotopic (exact) mass is 557 g/mol. The van der Waals surface area contributed by atoms with Crippen molar-refractivity contribution >= 4 is 79.7 Å². The fraction of sp³-hybridized carbons (Fsp3) is 0.0714. The molecule has 0 saturated carbocycles. The lowest BCUT2D eigenvalue weighted by molar-refractivity contribution is 1.33. The topological polar surface area (TPSA) is 99.4 Å². The SMILES string of the molecule is C=Cc1sc(/C(C#N)=C/C2=CC(=C)SC(/C=C(\C#N)c3nc4ccccc4s3)=CS2)nc1/C=C\C.CN. The van der Waals surface area contributed by atoms with Gasteiger partial charge in [0, 0.05) is 14.7 Å². The summed E-state index contributed by atoms with van der Waals surface area (Å²) in [5.41, 5.74) is 7.17. The minimum atomic E-state index is 0.477. The number of hydrogen-bond acceptors (Lipinski definition) is 9. The van der Waals surface area contributed by atoms with Gasteiger partial charge in [-0.2, -0.15) is 10.5 Å². The van der Waals surface area contributed by atoms with Gasteiger partial charge in [-0.15, -0.1) is 22.7 Å². The van der Waals surface area contributed by atoms with Crippen molar-refractivity contribution in [1.29, 1.82) is 10.5 Å². The number of para-hydroxylation sites is 1. The summed E-state index contributed by atoms with van der Waals surface area (Å²) in [5.74, 6) is 0. The second-order valence-corrected chi connectivity index (χ2v) is 11.3. The molecule has 37 heavy (non-hydrogen) atoms. The van der Waals surface area contributed by atoms with Crippen LogP contribution in [0.1, 0.15) is 27.5 Å². The summed E-state index contributed by atoms with van der Waals surface area (Å²) < 4.78 is 1.04. The Balaban J connectivity index is 0.00000186. The van der Waals surface area contributed by atoms with Crippen LogP contribution in [0.5, 0.6) is 0 Å². The molecule has 5 nitrogen and oxygen atoms in total. The summed E-state index contributed by atoms with van der Waals surface area (Å²) >= 11 is 5.88. The fourth-order valence-electron chi connectivity index (χ4n) is 3.10. The molecule has 0 aliphatic carbocycles. The first-order valence-corrected chi connectivity index (χ1v) is 14.3. The normalized spacial score (nSPS) is 14.2. The van der Waals surface area contributed by atoms with Gasteiger partial charge in [-0.3, -0.25) is 0 Å². The Morgan fingerprint density at radius 3 is 2.32 bits per heavy atom. The average Bonchev–Trinajstić information content (AvgIpc) is 3.48. The molecule has 0 radical (unpaired) electrons. The van der Waals surface area contributed by atoms with Crippen molar-refractivity contribution in [2.75, 3.05) is 7.05 Å². The van der Waals surface area contributed by atoms with Gasteiger partial charge < -0.3 is 5.73 Å². The molecule has 3 aromatic rings. The minimum absolute atomic E-state index is 0.477. The van der Waals surface area contributed by atoms with Gasteiger partial charge in [0.2, 0.25) is 0 Å². The standard InChI is InChI=1S/C27H18N4S4.CH5N/c1-4-8-22-24(5-2)34-26(30-22)18(14-28)12-20-11-17(3)33-21(16-32-20)13-19(15-29)27-31-23-9-6-7-10-25(23)35-27;1-2/h4-13,16H,2-3H2,1H3;2H2,1H3/b8-4-,18-12+,19-13+;. The zero-order valence-electron chi connectivity index (χ0n) is 20.3. The smallest absolute Gasteiger partial charge is 0.135 e. The van der Waals surface area contributed by atoms with Gasteiger partial charge in [0.15, 0.2) is 0 Å². The van der Waals surface area contributed by atoms with E-state index < -0.39 is 0 Å². The number of fused-ring (bicyclic) bond motifs is 1. The number of aromatic nitrogens is 2. The minimum Gasteiger partial charge on any atom is -0.333 e. The van der Waals surface area contributed by atoms with Crippen molar-refractivity contribution < 1.29 is 0 Å². The van der Waals surface area contributed by atoms with Crippen molar-refractivity contribution in [1.82, 2.24) is 9.97 Å². The Morgan fingerprint density at radius 2 is 1.68 bits per heavy atom. The van der Waals surface area contributed by atoms with Crippen LogP contribution in [0.15, 0.2) is 81.9 Å². The van der Waals surface area contributed by atoms with Gasteiger partial charge in [0.05, 0.1) is 31.9 Å². The third-order valence-corrected chi connectivity index (χ3v) is 8.67. The zero-order chi connectivity index (χ0) is 26.8. The quantitative estimate of drug-likeness (QED) is 0.305. The lowest BCUT2D eigenvalue weighted by Crippen LogP contribution is -1.82. The first kappa shape index (κ1) is 28.1. The number of allylic oxidation sites excluding steroid dienone is 6. The number of thiazole rings is 2. The summed E-state index contributed by atoms with van der Waals surface area (Å²) in [6, 6.07) is 12.4. The molecule has 1 aliphatic rings. The Morgan fingerprint density at radius 1 is 1.00 bits per heavy atom. The molecule has 0 atom stereocenters. The third-order valence-electron chi connectivity index (χ3n) is 4.62. The molecule has 0 spiro atoms. The van der Waals surface area contributed by atoms with Crippen LogP contribution in [-0.4, -0.2) is 17.0 Å². The molecule has 1 aromatic carbocycles. The van der Waals surface area contributed by atoms with Crippen LogP contribution >= 0.6 is 46.2 Å². The second-order valence-electron chi connectivity index (χ2n) is 7.05. The highest BCUT2D eigenvalue weighted by Gasteiger charge is 2.14. The zero-order valence-corrected chi connectivity index (χ0v) is 23.5. The maximum absolute atomic E-state index is 9.81. The maximum atomic E-state index is 9.81. The lowest BCUT2D eigenvalue weighted by atomic mass is 10.2. The van der Waals surface area contributed by atoms with Crippen molar-refractivity contribution in [3.05, 3.63) is 102 Å². The van der Waals surface area contributed by atoms with Crippen LogP contribution in [0.4, 0.5) is 0 Å². The number of benzene rings is 1. The maximum Gasteiger partial charge on any atom is 0.135 e. The molecule has 0 fully saturated rings. The Kier molecular flexibility index (Phi) is 10.5. The van der Waals surface area contributed by atoms with Crippen LogP contribution in [0.2, 0.25) is 0 Å². The molecule has 0 unspecified atom stereocenters. The molecular weight excluding hydrogens is 535 g/mol. The molecule has 3 heterocycles. The number of thioether (sulfide) groups is 2. The highest BCUT2D eigenvalue weighted by Crippen LogP contribution is 2.39. The number of nitriles is 2. The number of nitrogens with two attached hydrogens (primary N) is 1. The van der Waals surface area contributed by atoms with E-state index in [2.05, 4.69) is 41.0 Å². The average molecular weight is 558 g/mol. The summed E-state index contributed by atoms with van der Waals surface area (Å²) in [6.45, 7) is 9.91. The number of rotatable bonds is 6. The third kappa shape index (κ3) is 7.07. The van der Waals surface area contributed by atoms with Crippen LogP contribution in [0.3, 0.4) is 0 Å². The Bertz CT molecular complexity index is 1530. The first-order chi connectivity index (χ1) is 18.0. The molecule has 0 saturated heterocycles. The Hall–Kier alpha value is -3.44. The highest BCUT2D eigenvalue weighted by molar-refractivity contribution is 8.10. The summed E-state index contributed by atoms with van der Waals surface area (Å²) in [6.07, 6.45) is 11.2. The van der Waals surface area contributed by atoms with Gasteiger partial charge >= 0.3 is 0 Å². The van der Waals surface area contributed by atoms with E-state index in [1.807, 2.05) is 67.0 Å². The van der Waals surface area contributed by atoms with Crippen LogP contribution in [0, 0.1) is 22.7 Å². The molecular formula is C28H23N5S4. The van der Waals surface area contributed by atoms with E-state index >= 15 is 0 Å². The molecule has 1 aliphatic heterocycles. The molecule has 4 rings (SSSR count). The summed E-state index contributed by atoms with van der Waals surface area (Å²) in [4.78, 5) is 12.7. The van der Waals surface area contributed by atoms with Crippen molar-refractivity contribution in [3.63, 3.8) is 0 Å². The predicted octanol–water partition coefficient (Wildman–Crippen LogP) is 8.24. The van der Waals surface area contributed by atoms with E-state index in [0.717, 1.165) is 35.5 Å². The first-order valence-electron chi connectivity index (χ1n) is 10.9. The van der Waals surface area contributed by atoms with E-state index in [4.69, 9.17) is 0 Å². The predicted molar refractivity (Wildman–Crippen MR) is 164 cm³/mol. The van der Waals surface area contributed by atoms with E-state index in [1.165, 1.54) is 53.2 Å². The number of nitrogens with zero attached hydrogens (tertiary/aromatic N) is 4. The van der Waals surface area contributed by atoms with E-state index in [0.29, 0.717) is 21.2 Å². The lowest BCUT2D eigenvalue weighted by Gasteiger charge is -1.99. The molecule has 2 aromatic heterocycles. The van der Waals surface area contributed by atoms with E-state index in [9.17, 15) is 10.5 Å². The van der Waals surface area contributed by atoms with Gasteiger partial charge in [-0.05, 0) is 61.9 Å². The molecule has 0 amide bonds. The fourth-order valence-corrected chi connectivity index (χ4v) is 6.69. The molecule has 2 N–H and O–H groups in total. The highest BCUT2D eigenvalue weighted by atomic mass is 32.2. The van der Waals surface area contributed by atoms with Gasteiger partial charge in [-0.1, -0.05) is 54.9 Å². The van der Waals surface area contributed by atoms with Crippen LogP contribution < -0.4 is 5.73 Å².